The van der Waals surface area contributed by atoms with Crippen LogP contribution in [0.1, 0.15) is 0 Å². The highest BCUT2D eigenvalue weighted by molar-refractivity contribution is 7.95. The summed E-state index contributed by atoms with van der Waals surface area (Å²) in [5.41, 5.74) is 3.94. The van der Waals surface area contributed by atoms with Gasteiger partial charge < -0.3 is 0 Å². The van der Waals surface area contributed by atoms with Crippen LogP contribution in [0.5, 0.6) is 0 Å². The molecule has 0 saturated carbocycles. The van der Waals surface area contributed by atoms with Gasteiger partial charge in [-0.2, -0.15) is 5.26 Å². The lowest BCUT2D eigenvalue weighted by molar-refractivity contribution is 0.164. The summed E-state index contributed by atoms with van der Waals surface area (Å²) in [4.78, 5) is 1.57. The largest absolute Gasteiger partial charge is 0.297 e. The highest BCUT2D eigenvalue weighted by Gasteiger charge is 2.34. The zero-order valence-corrected chi connectivity index (χ0v) is 12.1. The van der Waals surface area contributed by atoms with Crippen molar-refractivity contribution in [3.05, 3.63) is 41.4 Å². The zero-order valence-electron chi connectivity index (χ0n) is 11.3. The van der Waals surface area contributed by atoms with E-state index >= 15 is 0 Å². The lowest BCUT2D eigenvalue weighted by Gasteiger charge is -2.38. The van der Waals surface area contributed by atoms with Crippen molar-refractivity contribution < 1.29 is 8.42 Å². The van der Waals surface area contributed by atoms with E-state index in [9.17, 15) is 8.42 Å². The Morgan fingerprint density at radius 1 is 1.35 bits per heavy atom. The second-order valence-corrected chi connectivity index (χ2v) is 6.72. The number of hydrogen-bond acceptors (Lipinski definition) is 6. The number of nitriles is 1. The van der Waals surface area contributed by atoms with Crippen LogP contribution in [0.2, 0.25) is 0 Å². The zero-order chi connectivity index (χ0) is 14.8. The lowest BCUT2D eigenvalue weighted by Crippen LogP contribution is -2.51. The predicted octanol–water partition coefficient (Wildman–Crippen LogP) is 0.997. The topological polar surface area (TPSA) is 76.4 Å². The number of hydrazine groups is 1. The smallest absolute Gasteiger partial charge is 0.193 e. The summed E-state index contributed by atoms with van der Waals surface area (Å²) in [6.07, 6.45) is 0.966. The molecule has 0 radical (unpaired) electrons. The van der Waals surface area contributed by atoms with Crippen molar-refractivity contribution in [2.45, 2.75) is 6.17 Å². The maximum absolute atomic E-state index is 12.0. The molecule has 1 unspecified atom stereocenters. The van der Waals surface area contributed by atoms with Crippen LogP contribution in [0, 0.1) is 11.3 Å². The number of rotatable bonds is 3. The molecule has 0 spiro atoms. The molecular weight excluding hydrogens is 276 g/mol. The number of nitrogens with zero attached hydrogens (tertiary/aromatic N) is 3. The van der Waals surface area contributed by atoms with Crippen LogP contribution in [0.25, 0.3) is 0 Å². The van der Waals surface area contributed by atoms with Gasteiger partial charge in [-0.1, -0.05) is 18.2 Å². The van der Waals surface area contributed by atoms with Crippen LogP contribution in [-0.4, -0.2) is 44.3 Å². The minimum absolute atomic E-state index is 0.126. The molecule has 0 bridgehead atoms. The number of hydrogen-bond donors (Lipinski definition) is 1. The minimum atomic E-state index is -3.52. The molecule has 1 aliphatic heterocycles. The average molecular weight is 292 g/mol. The van der Waals surface area contributed by atoms with E-state index in [0.29, 0.717) is 0 Å². The fourth-order valence-electron chi connectivity index (χ4n) is 1.92. The molecule has 0 aromatic heterocycles. The third kappa shape index (κ3) is 2.92. The normalized spacial score (nSPS) is 21.2. The molecule has 1 aliphatic rings. The molecule has 0 saturated heterocycles. The van der Waals surface area contributed by atoms with Gasteiger partial charge in [0, 0.05) is 0 Å². The van der Waals surface area contributed by atoms with Crippen LogP contribution in [0.4, 0.5) is 5.69 Å². The number of sulfone groups is 1. The van der Waals surface area contributed by atoms with Gasteiger partial charge in [-0.25, -0.2) is 8.42 Å². The number of benzene rings is 1. The van der Waals surface area contributed by atoms with E-state index < -0.39 is 9.84 Å². The Bertz CT molecular complexity index is 647. The first-order chi connectivity index (χ1) is 9.44. The molecule has 0 amide bonds. The first-order valence-corrected chi connectivity index (χ1v) is 7.70. The highest BCUT2D eigenvalue weighted by Crippen LogP contribution is 2.22. The van der Waals surface area contributed by atoms with E-state index in [-0.39, 0.29) is 16.8 Å². The Morgan fingerprint density at radius 3 is 2.55 bits per heavy atom. The summed E-state index contributed by atoms with van der Waals surface area (Å²) in [7, 11) is 0.0771. The molecule has 1 heterocycles. The van der Waals surface area contributed by atoms with Gasteiger partial charge in [-0.05, 0) is 26.2 Å². The molecule has 106 valence electrons. The van der Waals surface area contributed by atoms with Gasteiger partial charge in [0.25, 0.3) is 0 Å². The van der Waals surface area contributed by atoms with Gasteiger partial charge in [0.05, 0.1) is 17.6 Å². The van der Waals surface area contributed by atoms with Gasteiger partial charge in [-0.15, -0.1) is 0 Å². The fraction of sp³-hybridized carbons (Fsp3) is 0.308. The molecule has 7 heteroatoms. The van der Waals surface area contributed by atoms with Crippen LogP contribution in [0.15, 0.2) is 41.4 Å². The molecule has 1 aromatic rings. The number of para-hydroxylation sites is 1. The van der Waals surface area contributed by atoms with E-state index in [2.05, 4.69) is 5.43 Å². The van der Waals surface area contributed by atoms with Crippen molar-refractivity contribution in [1.29, 1.82) is 5.26 Å². The third-order valence-corrected chi connectivity index (χ3v) is 4.62. The standard InChI is InChI=1S/C13H16N4O2S/c1-16(2)13-10-20(18,19)12(8-14)9-17(13)15-11-6-4-3-5-7-11/h3-7,9,13,15H,10H2,1-2H3. The van der Waals surface area contributed by atoms with Gasteiger partial charge in [0.15, 0.2) is 14.7 Å². The molecule has 2 rings (SSSR count). The Labute approximate surface area is 118 Å². The lowest BCUT2D eigenvalue weighted by atomic mass is 10.3. The van der Waals surface area contributed by atoms with Crippen molar-refractivity contribution in [2.24, 2.45) is 0 Å². The summed E-state index contributed by atoms with van der Waals surface area (Å²) in [5.74, 6) is -0.126. The molecule has 0 aliphatic carbocycles. The third-order valence-electron chi connectivity index (χ3n) is 3.02. The Hall–Kier alpha value is -2.04. The molecule has 6 nitrogen and oxygen atoms in total. The van der Waals surface area contributed by atoms with Crippen LogP contribution in [-0.2, 0) is 9.84 Å². The van der Waals surface area contributed by atoms with Gasteiger partial charge in [0.1, 0.15) is 12.2 Å². The fourth-order valence-corrected chi connectivity index (χ4v) is 3.37. The van der Waals surface area contributed by atoms with Gasteiger partial charge in [-0.3, -0.25) is 15.3 Å². The Balaban J connectivity index is 2.35. The first kappa shape index (κ1) is 14.4. The molecular formula is C13H16N4O2S. The first-order valence-electron chi connectivity index (χ1n) is 6.05. The van der Waals surface area contributed by atoms with E-state index in [1.54, 1.807) is 30.1 Å². The quantitative estimate of drug-likeness (QED) is 0.895. The Kier molecular flexibility index (Phi) is 3.97. The van der Waals surface area contributed by atoms with Crippen molar-refractivity contribution >= 4 is 15.5 Å². The van der Waals surface area contributed by atoms with Crippen molar-refractivity contribution in [3.63, 3.8) is 0 Å². The van der Waals surface area contributed by atoms with Crippen molar-refractivity contribution in [2.75, 3.05) is 25.3 Å². The molecule has 1 N–H and O–H groups in total. The number of anilines is 1. The van der Waals surface area contributed by atoms with E-state index in [0.717, 1.165) is 5.69 Å². The van der Waals surface area contributed by atoms with Gasteiger partial charge >= 0.3 is 0 Å². The molecule has 1 aromatic carbocycles. The van der Waals surface area contributed by atoms with Gasteiger partial charge in [0.2, 0.25) is 0 Å². The van der Waals surface area contributed by atoms with Crippen molar-refractivity contribution in [1.82, 2.24) is 9.91 Å². The maximum Gasteiger partial charge on any atom is 0.193 e. The number of allylic oxidation sites excluding steroid dienone is 1. The Morgan fingerprint density at radius 2 is 2.00 bits per heavy atom. The average Bonchev–Trinajstić information content (AvgIpc) is 2.41. The van der Waals surface area contributed by atoms with E-state index in [1.165, 1.54) is 6.20 Å². The summed E-state index contributed by atoms with van der Waals surface area (Å²) in [5, 5.41) is 10.6. The summed E-state index contributed by atoms with van der Waals surface area (Å²) < 4.78 is 23.9. The van der Waals surface area contributed by atoms with Crippen LogP contribution < -0.4 is 5.43 Å². The second-order valence-electron chi connectivity index (χ2n) is 4.72. The summed E-state index contributed by atoms with van der Waals surface area (Å²) >= 11 is 0. The maximum atomic E-state index is 12.0. The van der Waals surface area contributed by atoms with Crippen LogP contribution in [0.3, 0.4) is 0 Å². The summed E-state index contributed by atoms with van der Waals surface area (Å²) in [6, 6.07) is 11.1. The van der Waals surface area contributed by atoms with E-state index in [4.69, 9.17) is 5.26 Å². The molecule has 20 heavy (non-hydrogen) atoms. The van der Waals surface area contributed by atoms with Crippen LogP contribution >= 0.6 is 0 Å². The number of nitrogens with one attached hydrogen (secondary N) is 1. The van der Waals surface area contributed by atoms with Crippen molar-refractivity contribution in [3.8, 4) is 6.07 Å². The SMILES string of the molecule is CN(C)C1CS(=O)(=O)C(C#N)=CN1Nc1ccccc1. The second kappa shape index (κ2) is 5.53. The summed E-state index contributed by atoms with van der Waals surface area (Å²) in [6.45, 7) is 0. The monoisotopic (exact) mass is 292 g/mol. The molecule has 1 atom stereocenters. The minimum Gasteiger partial charge on any atom is -0.297 e. The van der Waals surface area contributed by atoms with E-state index in [1.807, 2.05) is 30.3 Å². The highest BCUT2D eigenvalue weighted by atomic mass is 32.2. The predicted molar refractivity (Wildman–Crippen MR) is 76.9 cm³/mol. The molecule has 0 fully saturated rings.